The molecule has 2 aromatic carbocycles. The van der Waals surface area contributed by atoms with Gasteiger partial charge in [0.2, 0.25) is 0 Å². The molecule has 0 unspecified atom stereocenters. The van der Waals surface area contributed by atoms with Gasteiger partial charge in [-0.05, 0) is 18.1 Å². The second kappa shape index (κ2) is 11.4. The molecule has 0 bridgehead atoms. The van der Waals surface area contributed by atoms with Crippen LogP contribution in [0.5, 0.6) is 0 Å². The van der Waals surface area contributed by atoms with Crippen molar-refractivity contribution >= 4 is 18.4 Å². The Hall–Kier alpha value is -3.15. The molecule has 2 amide bonds. The number of amides is 2. The van der Waals surface area contributed by atoms with Gasteiger partial charge >= 0.3 is 12.2 Å². The number of carbonyl (C=O) groups excluding carboxylic acids is 2. The number of benzene rings is 2. The lowest BCUT2D eigenvalue weighted by atomic mass is 10.2. The second-order valence-corrected chi connectivity index (χ2v) is 4.52. The van der Waals surface area contributed by atoms with Crippen LogP contribution >= 0.6 is 0 Å². The molecule has 24 heavy (non-hydrogen) atoms. The summed E-state index contributed by atoms with van der Waals surface area (Å²) in [5.41, 5.74) is 6.68. The molecule has 2 rings (SSSR count). The zero-order chi connectivity index (χ0) is 17.6. The van der Waals surface area contributed by atoms with Crippen molar-refractivity contribution in [2.24, 2.45) is 10.7 Å². The summed E-state index contributed by atoms with van der Waals surface area (Å²) in [6, 6.07) is 18.9. The summed E-state index contributed by atoms with van der Waals surface area (Å²) in [5.74, 6) is 0. The molecule has 126 valence electrons. The van der Waals surface area contributed by atoms with Gasteiger partial charge in [0.05, 0.1) is 0 Å². The van der Waals surface area contributed by atoms with Crippen LogP contribution < -0.4 is 5.73 Å². The molecule has 0 atom stereocenters. The molecule has 2 aromatic rings. The third kappa shape index (κ3) is 8.99. The van der Waals surface area contributed by atoms with Crippen LogP contribution in [0.4, 0.5) is 9.59 Å². The lowest BCUT2D eigenvalue weighted by Gasteiger charge is -1.99. The average molecular weight is 328 g/mol. The largest absolute Gasteiger partial charge is 0.445 e. The molecule has 0 aliphatic carbocycles. The van der Waals surface area contributed by atoms with Gasteiger partial charge in [-0.3, -0.25) is 0 Å². The van der Waals surface area contributed by atoms with E-state index >= 15 is 0 Å². The number of hydrogen-bond acceptors (Lipinski definition) is 4. The lowest BCUT2D eigenvalue weighted by molar-refractivity contribution is 0.149. The Labute approximate surface area is 140 Å². The Kier molecular flexibility index (Phi) is 8.99. The molecule has 6 nitrogen and oxygen atoms in total. The summed E-state index contributed by atoms with van der Waals surface area (Å²) in [4.78, 5) is 24.4. The Bertz CT molecular complexity index is 643. The second-order valence-electron chi connectivity index (χ2n) is 4.52. The number of aliphatic imine (C=N–C) groups is 1. The van der Waals surface area contributed by atoms with Crippen LogP contribution in [0.3, 0.4) is 0 Å². The Morgan fingerprint density at radius 2 is 1.38 bits per heavy atom. The van der Waals surface area contributed by atoms with Gasteiger partial charge in [-0.25, -0.2) is 9.59 Å². The summed E-state index contributed by atoms with van der Waals surface area (Å²) >= 11 is 0. The third-order valence-electron chi connectivity index (χ3n) is 2.66. The number of rotatable bonds is 4. The fourth-order valence-electron chi connectivity index (χ4n) is 1.59. The molecule has 0 aromatic heterocycles. The molecule has 0 heterocycles. The monoisotopic (exact) mass is 328 g/mol. The van der Waals surface area contributed by atoms with Crippen molar-refractivity contribution < 1.29 is 19.1 Å². The maximum Gasteiger partial charge on any atom is 0.433 e. The lowest BCUT2D eigenvalue weighted by Crippen LogP contribution is -2.12. The van der Waals surface area contributed by atoms with E-state index in [4.69, 9.17) is 10.5 Å². The van der Waals surface area contributed by atoms with Crippen molar-refractivity contribution in [1.29, 1.82) is 0 Å². The summed E-state index contributed by atoms with van der Waals surface area (Å²) in [7, 11) is 0. The smallest absolute Gasteiger partial charge is 0.433 e. The van der Waals surface area contributed by atoms with E-state index in [0.29, 0.717) is 0 Å². The van der Waals surface area contributed by atoms with Crippen molar-refractivity contribution in [2.75, 3.05) is 0 Å². The third-order valence-corrected chi connectivity index (χ3v) is 2.66. The van der Waals surface area contributed by atoms with Crippen molar-refractivity contribution in [3.05, 3.63) is 71.8 Å². The molecule has 0 fully saturated rings. The Morgan fingerprint density at radius 3 is 1.79 bits per heavy atom. The molecular formula is C18H20N2O4. The van der Waals surface area contributed by atoms with Crippen molar-refractivity contribution in [3.63, 3.8) is 0 Å². The number of nitrogens with two attached hydrogens (primary N) is 1. The molecule has 0 saturated carbocycles. The van der Waals surface area contributed by atoms with Gasteiger partial charge in [-0.15, -0.1) is 0 Å². The van der Waals surface area contributed by atoms with E-state index in [-0.39, 0.29) is 13.2 Å². The van der Waals surface area contributed by atoms with Gasteiger partial charge in [-0.1, -0.05) is 60.7 Å². The fourth-order valence-corrected chi connectivity index (χ4v) is 1.59. The predicted molar refractivity (Wildman–Crippen MR) is 91.6 cm³/mol. The summed E-state index contributed by atoms with van der Waals surface area (Å²) < 4.78 is 9.40. The minimum Gasteiger partial charge on any atom is -0.445 e. The van der Waals surface area contributed by atoms with E-state index in [1.807, 2.05) is 60.7 Å². The van der Waals surface area contributed by atoms with Gasteiger partial charge in [0, 0.05) is 6.21 Å². The molecule has 0 aliphatic heterocycles. The fraction of sp³-hybridized carbons (Fsp3) is 0.167. The van der Waals surface area contributed by atoms with Crippen LogP contribution in [0.25, 0.3) is 0 Å². The molecular weight excluding hydrogens is 308 g/mol. The van der Waals surface area contributed by atoms with E-state index in [1.165, 1.54) is 6.21 Å². The van der Waals surface area contributed by atoms with Crippen molar-refractivity contribution in [3.8, 4) is 0 Å². The first kappa shape index (κ1) is 18.9. The van der Waals surface area contributed by atoms with Crippen LogP contribution in [-0.4, -0.2) is 18.4 Å². The number of hydrogen-bond donors (Lipinski definition) is 1. The topological polar surface area (TPSA) is 91.0 Å². The van der Waals surface area contributed by atoms with Gasteiger partial charge in [-0.2, -0.15) is 4.99 Å². The Morgan fingerprint density at radius 1 is 0.917 bits per heavy atom. The minimum atomic E-state index is -0.742. The van der Waals surface area contributed by atoms with Crippen LogP contribution in [0.15, 0.2) is 65.7 Å². The number of nitrogens with zero attached hydrogens (tertiary/aromatic N) is 1. The normalized spacial score (nSPS) is 9.71. The standard InChI is InChI=1S/C10H11NO2.C8H9NO2/c1-2-11-10(12)13-8-9-6-4-3-5-7-9;9-8(10)11-6-7-4-2-1-3-5-7/h2-7H,8H2,1H3;1-5H,6H2,(H2,9,10). The van der Waals surface area contributed by atoms with E-state index in [2.05, 4.69) is 9.73 Å². The SMILES string of the molecule is CC=NC(=O)OCc1ccccc1.NC(=O)OCc1ccccc1. The van der Waals surface area contributed by atoms with Crippen LogP contribution in [0.2, 0.25) is 0 Å². The summed E-state index contributed by atoms with van der Waals surface area (Å²) in [5, 5.41) is 0. The predicted octanol–water partition coefficient (Wildman–Crippen LogP) is 3.70. The molecule has 0 radical (unpaired) electrons. The zero-order valence-corrected chi connectivity index (χ0v) is 13.4. The van der Waals surface area contributed by atoms with Crippen molar-refractivity contribution in [1.82, 2.24) is 0 Å². The number of primary amides is 1. The minimum absolute atomic E-state index is 0.246. The highest BCUT2D eigenvalue weighted by atomic mass is 16.5. The van der Waals surface area contributed by atoms with Gasteiger partial charge < -0.3 is 15.2 Å². The van der Waals surface area contributed by atoms with Crippen molar-refractivity contribution in [2.45, 2.75) is 20.1 Å². The average Bonchev–Trinajstić information content (AvgIpc) is 2.61. The van der Waals surface area contributed by atoms with E-state index < -0.39 is 12.2 Å². The first-order chi connectivity index (χ1) is 11.6. The van der Waals surface area contributed by atoms with E-state index in [9.17, 15) is 9.59 Å². The number of ether oxygens (including phenoxy) is 2. The maximum atomic E-state index is 10.8. The van der Waals surface area contributed by atoms with Gasteiger partial charge in [0.25, 0.3) is 0 Å². The number of carbonyl (C=O) groups is 2. The van der Waals surface area contributed by atoms with Gasteiger partial charge in [0.15, 0.2) is 0 Å². The van der Waals surface area contributed by atoms with Gasteiger partial charge in [0.1, 0.15) is 13.2 Å². The van der Waals surface area contributed by atoms with E-state index in [1.54, 1.807) is 6.92 Å². The first-order valence-corrected chi connectivity index (χ1v) is 7.27. The van der Waals surface area contributed by atoms with Crippen LogP contribution in [0, 0.1) is 0 Å². The molecule has 0 aliphatic rings. The van der Waals surface area contributed by atoms with Crippen LogP contribution in [0.1, 0.15) is 18.1 Å². The highest BCUT2D eigenvalue weighted by Gasteiger charge is 1.97. The summed E-state index contributed by atoms with van der Waals surface area (Å²) in [6.45, 7) is 2.19. The quantitative estimate of drug-likeness (QED) is 0.866. The molecule has 0 spiro atoms. The van der Waals surface area contributed by atoms with Crippen LogP contribution in [-0.2, 0) is 22.7 Å². The first-order valence-electron chi connectivity index (χ1n) is 7.27. The highest BCUT2D eigenvalue weighted by Crippen LogP contribution is 2.01. The summed E-state index contributed by atoms with van der Waals surface area (Å²) in [6.07, 6.45) is 0.119. The Balaban J connectivity index is 0.000000243. The van der Waals surface area contributed by atoms with E-state index in [0.717, 1.165) is 11.1 Å². The molecule has 6 heteroatoms. The molecule has 2 N–H and O–H groups in total. The maximum absolute atomic E-state index is 10.8. The highest BCUT2D eigenvalue weighted by molar-refractivity contribution is 5.78. The zero-order valence-electron chi connectivity index (χ0n) is 13.4. The molecule has 0 saturated heterocycles.